The fourth-order valence-electron chi connectivity index (χ4n) is 3.72. The lowest BCUT2D eigenvalue weighted by molar-refractivity contribution is -0.129. The minimum Gasteiger partial charge on any atom is -0.393 e. The van der Waals surface area contributed by atoms with Crippen molar-refractivity contribution in [1.29, 1.82) is 0 Å². The fraction of sp³-hybridized carbons (Fsp3) is 0.600. The molecule has 5 heteroatoms. The predicted molar refractivity (Wildman–Crippen MR) is 98.1 cm³/mol. The van der Waals surface area contributed by atoms with Crippen LogP contribution < -0.4 is 10.6 Å². The third-order valence-corrected chi connectivity index (χ3v) is 4.93. The monoisotopic (exact) mass is 346 g/mol. The van der Waals surface area contributed by atoms with Crippen LogP contribution in [0.5, 0.6) is 0 Å². The standard InChI is InChI=1S/C20H30N2O3/c1-14(23)12-18(16-8-4-3-5-9-16)13-21-20(25)19(22-15(2)24)17-10-6-7-11-17/h3-5,8-9,14,17-19,23H,6-7,10-13H2,1-2H3,(H,21,25)(H,22,24). The number of benzene rings is 1. The van der Waals surface area contributed by atoms with E-state index >= 15 is 0 Å². The van der Waals surface area contributed by atoms with Crippen LogP contribution in [-0.4, -0.2) is 35.6 Å². The molecule has 25 heavy (non-hydrogen) atoms. The maximum atomic E-state index is 12.7. The summed E-state index contributed by atoms with van der Waals surface area (Å²) < 4.78 is 0. The molecule has 1 aromatic carbocycles. The zero-order valence-corrected chi connectivity index (χ0v) is 15.2. The number of carbonyl (C=O) groups is 2. The molecule has 0 radical (unpaired) electrons. The van der Waals surface area contributed by atoms with Gasteiger partial charge in [-0.05, 0) is 37.7 Å². The van der Waals surface area contributed by atoms with Gasteiger partial charge in [0.1, 0.15) is 6.04 Å². The Balaban J connectivity index is 2.01. The Hall–Kier alpha value is -1.88. The SMILES string of the molecule is CC(=O)NC(C(=O)NCC(CC(C)O)c1ccccc1)C1CCCC1. The van der Waals surface area contributed by atoms with Gasteiger partial charge in [0.2, 0.25) is 11.8 Å². The fourth-order valence-corrected chi connectivity index (χ4v) is 3.72. The second-order valence-electron chi connectivity index (χ2n) is 7.16. The Bertz CT molecular complexity index is 553. The number of amides is 2. The van der Waals surface area contributed by atoms with Crippen LogP contribution in [0.3, 0.4) is 0 Å². The van der Waals surface area contributed by atoms with Gasteiger partial charge < -0.3 is 15.7 Å². The van der Waals surface area contributed by atoms with Gasteiger partial charge in [0.15, 0.2) is 0 Å². The summed E-state index contributed by atoms with van der Waals surface area (Å²) in [5, 5.41) is 15.6. The molecule has 1 aromatic rings. The minimum atomic E-state index is -0.456. The third-order valence-electron chi connectivity index (χ3n) is 4.93. The summed E-state index contributed by atoms with van der Waals surface area (Å²) >= 11 is 0. The number of aliphatic hydroxyl groups excluding tert-OH is 1. The van der Waals surface area contributed by atoms with E-state index in [1.807, 2.05) is 30.3 Å². The quantitative estimate of drug-likeness (QED) is 0.676. The lowest BCUT2D eigenvalue weighted by atomic mass is 9.92. The highest BCUT2D eigenvalue weighted by atomic mass is 16.3. The predicted octanol–water partition coefficient (Wildman–Crippen LogP) is 2.35. The summed E-state index contributed by atoms with van der Waals surface area (Å²) in [4.78, 5) is 24.2. The van der Waals surface area contributed by atoms with Crippen molar-refractivity contribution < 1.29 is 14.7 Å². The molecule has 3 atom stereocenters. The van der Waals surface area contributed by atoms with E-state index in [1.54, 1.807) is 6.92 Å². The molecule has 3 unspecified atom stereocenters. The van der Waals surface area contributed by atoms with E-state index in [2.05, 4.69) is 10.6 Å². The van der Waals surface area contributed by atoms with Crippen LogP contribution >= 0.6 is 0 Å². The molecule has 3 N–H and O–H groups in total. The highest BCUT2D eigenvalue weighted by molar-refractivity contribution is 5.87. The molecule has 0 heterocycles. The largest absolute Gasteiger partial charge is 0.393 e. The molecular weight excluding hydrogens is 316 g/mol. The van der Waals surface area contributed by atoms with E-state index in [9.17, 15) is 14.7 Å². The number of nitrogens with one attached hydrogen (secondary N) is 2. The van der Waals surface area contributed by atoms with Crippen molar-refractivity contribution in [2.75, 3.05) is 6.54 Å². The van der Waals surface area contributed by atoms with Crippen LogP contribution in [-0.2, 0) is 9.59 Å². The average molecular weight is 346 g/mol. The third kappa shape index (κ3) is 6.16. The van der Waals surface area contributed by atoms with Crippen molar-refractivity contribution in [3.05, 3.63) is 35.9 Å². The summed E-state index contributed by atoms with van der Waals surface area (Å²) in [6, 6.07) is 9.45. The summed E-state index contributed by atoms with van der Waals surface area (Å²) in [6.07, 6.45) is 4.33. The van der Waals surface area contributed by atoms with Gasteiger partial charge in [0, 0.05) is 19.4 Å². The Labute approximate surface area is 150 Å². The Morgan fingerprint density at radius 3 is 2.40 bits per heavy atom. The number of aliphatic hydroxyl groups is 1. The van der Waals surface area contributed by atoms with Gasteiger partial charge in [-0.25, -0.2) is 0 Å². The molecule has 0 bridgehead atoms. The topological polar surface area (TPSA) is 78.4 Å². The molecular formula is C20H30N2O3. The molecule has 2 rings (SSSR count). The van der Waals surface area contributed by atoms with Gasteiger partial charge in [0.05, 0.1) is 6.10 Å². The van der Waals surface area contributed by atoms with E-state index in [0.717, 1.165) is 31.2 Å². The van der Waals surface area contributed by atoms with Gasteiger partial charge >= 0.3 is 0 Å². The van der Waals surface area contributed by atoms with E-state index in [1.165, 1.54) is 6.92 Å². The van der Waals surface area contributed by atoms with Crippen molar-refractivity contribution in [2.45, 2.75) is 64.0 Å². The van der Waals surface area contributed by atoms with Crippen molar-refractivity contribution in [3.8, 4) is 0 Å². The Morgan fingerprint density at radius 2 is 1.84 bits per heavy atom. The van der Waals surface area contributed by atoms with Crippen molar-refractivity contribution in [1.82, 2.24) is 10.6 Å². The molecule has 1 fully saturated rings. The second kappa shape index (κ2) is 9.56. The van der Waals surface area contributed by atoms with Gasteiger partial charge in [-0.2, -0.15) is 0 Å². The Morgan fingerprint density at radius 1 is 1.20 bits per heavy atom. The summed E-state index contributed by atoms with van der Waals surface area (Å²) in [6.45, 7) is 3.67. The van der Waals surface area contributed by atoms with E-state index < -0.39 is 12.1 Å². The Kier molecular flexibility index (Phi) is 7.44. The zero-order valence-electron chi connectivity index (χ0n) is 15.2. The molecule has 1 aliphatic carbocycles. The lowest BCUT2D eigenvalue weighted by Crippen LogP contribution is -2.50. The van der Waals surface area contributed by atoms with Crippen LogP contribution in [0.15, 0.2) is 30.3 Å². The second-order valence-corrected chi connectivity index (χ2v) is 7.16. The van der Waals surface area contributed by atoms with Crippen molar-refractivity contribution >= 4 is 11.8 Å². The van der Waals surface area contributed by atoms with Gasteiger partial charge in [0.25, 0.3) is 0 Å². The first-order valence-electron chi connectivity index (χ1n) is 9.25. The number of hydrogen-bond acceptors (Lipinski definition) is 3. The number of carbonyl (C=O) groups excluding carboxylic acids is 2. The molecule has 2 amide bonds. The molecule has 0 spiro atoms. The van der Waals surface area contributed by atoms with E-state index in [0.29, 0.717) is 13.0 Å². The van der Waals surface area contributed by atoms with Crippen molar-refractivity contribution in [3.63, 3.8) is 0 Å². The summed E-state index contributed by atoms with van der Waals surface area (Å²) in [5.74, 6) is -0.0215. The first-order valence-corrected chi connectivity index (χ1v) is 9.25. The van der Waals surface area contributed by atoms with Gasteiger partial charge in [-0.15, -0.1) is 0 Å². The van der Waals surface area contributed by atoms with Crippen LogP contribution in [0.1, 0.15) is 57.4 Å². The lowest BCUT2D eigenvalue weighted by Gasteiger charge is -2.25. The molecule has 5 nitrogen and oxygen atoms in total. The van der Waals surface area contributed by atoms with Gasteiger partial charge in [-0.1, -0.05) is 43.2 Å². The highest BCUT2D eigenvalue weighted by Gasteiger charge is 2.31. The molecule has 1 saturated carbocycles. The maximum absolute atomic E-state index is 12.7. The summed E-state index contributed by atoms with van der Waals surface area (Å²) in [7, 11) is 0. The molecule has 138 valence electrons. The van der Waals surface area contributed by atoms with Crippen LogP contribution in [0, 0.1) is 5.92 Å². The first-order chi connectivity index (χ1) is 12.0. The average Bonchev–Trinajstić information content (AvgIpc) is 3.10. The molecule has 0 aliphatic heterocycles. The molecule has 1 aliphatic rings. The number of rotatable bonds is 8. The zero-order chi connectivity index (χ0) is 18.2. The smallest absolute Gasteiger partial charge is 0.242 e. The highest BCUT2D eigenvalue weighted by Crippen LogP contribution is 2.28. The van der Waals surface area contributed by atoms with E-state index in [-0.39, 0.29) is 23.7 Å². The van der Waals surface area contributed by atoms with Crippen LogP contribution in [0.4, 0.5) is 0 Å². The van der Waals surface area contributed by atoms with E-state index in [4.69, 9.17) is 0 Å². The normalized spacial score (nSPS) is 18.4. The number of hydrogen-bond donors (Lipinski definition) is 3. The molecule has 0 aromatic heterocycles. The van der Waals surface area contributed by atoms with Crippen LogP contribution in [0.25, 0.3) is 0 Å². The summed E-state index contributed by atoms with van der Waals surface area (Å²) in [5.41, 5.74) is 1.10. The minimum absolute atomic E-state index is 0.0479. The molecule has 0 saturated heterocycles. The van der Waals surface area contributed by atoms with Crippen LogP contribution in [0.2, 0.25) is 0 Å². The van der Waals surface area contributed by atoms with Crippen molar-refractivity contribution in [2.24, 2.45) is 5.92 Å². The maximum Gasteiger partial charge on any atom is 0.242 e. The van der Waals surface area contributed by atoms with Gasteiger partial charge in [-0.3, -0.25) is 9.59 Å². The first kappa shape index (κ1) is 19.4.